The van der Waals surface area contributed by atoms with Gasteiger partial charge in [0.2, 0.25) is 0 Å². The molecule has 0 heterocycles. The second-order valence-electron chi connectivity index (χ2n) is 5.77. The molecule has 0 atom stereocenters. The Hall–Kier alpha value is -0.780. The second-order valence-corrected chi connectivity index (χ2v) is 7.01. The number of benzene rings is 1. The van der Waals surface area contributed by atoms with Crippen LogP contribution in [0.25, 0.3) is 0 Å². The Labute approximate surface area is 121 Å². The van der Waals surface area contributed by atoms with Crippen molar-refractivity contribution in [2.24, 2.45) is 0 Å². The third-order valence-corrected chi connectivity index (χ3v) is 3.56. The minimum atomic E-state index is -0.389. The molecule has 1 aromatic carbocycles. The Morgan fingerprint density at radius 3 is 2.28 bits per heavy atom. The number of hydrogen-bond donors (Lipinski definition) is 1. The van der Waals surface area contributed by atoms with E-state index in [-0.39, 0.29) is 17.2 Å². The molecule has 1 fully saturated rings. The maximum atomic E-state index is 11.8. The molecule has 0 aliphatic heterocycles. The molecular formula is C14H18INO2. The van der Waals surface area contributed by atoms with E-state index < -0.39 is 0 Å². The molecule has 0 radical (unpaired) electrons. The van der Waals surface area contributed by atoms with Gasteiger partial charge < -0.3 is 10.1 Å². The summed E-state index contributed by atoms with van der Waals surface area (Å²) in [4.78, 5) is 11.8. The molecule has 3 nitrogen and oxygen atoms in total. The van der Waals surface area contributed by atoms with Crippen LogP contribution in [0.4, 0.5) is 4.79 Å². The van der Waals surface area contributed by atoms with E-state index in [4.69, 9.17) is 4.74 Å². The van der Waals surface area contributed by atoms with Crippen molar-refractivity contribution in [2.45, 2.75) is 44.8 Å². The van der Waals surface area contributed by atoms with Crippen LogP contribution in [0.15, 0.2) is 24.3 Å². The number of amides is 1. The number of ether oxygens (including phenoxy) is 1. The van der Waals surface area contributed by atoms with Crippen LogP contribution in [0.3, 0.4) is 0 Å². The fourth-order valence-corrected chi connectivity index (χ4v) is 2.19. The highest BCUT2D eigenvalue weighted by Gasteiger charge is 2.48. The van der Waals surface area contributed by atoms with Crippen molar-refractivity contribution >= 4 is 28.7 Å². The predicted molar refractivity (Wildman–Crippen MR) is 79.4 cm³/mol. The smallest absolute Gasteiger partial charge is 0.408 e. The fraction of sp³-hybridized carbons (Fsp3) is 0.500. The van der Waals surface area contributed by atoms with E-state index in [1.165, 1.54) is 3.57 Å². The number of carbonyl (C=O) groups is 1. The van der Waals surface area contributed by atoms with Gasteiger partial charge in [-0.25, -0.2) is 4.79 Å². The van der Waals surface area contributed by atoms with Gasteiger partial charge in [0.1, 0.15) is 5.60 Å². The van der Waals surface area contributed by atoms with E-state index in [9.17, 15) is 4.79 Å². The zero-order chi connectivity index (χ0) is 13.4. The molecule has 0 bridgehead atoms. The van der Waals surface area contributed by atoms with Gasteiger partial charge in [-0.05, 0) is 73.9 Å². The van der Waals surface area contributed by atoms with Crippen molar-refractivity contribution in [3.05, 3.63) is 33.4 Å². The molecule has 1 aromatic rings. The summed E-state index contributed by atoms with van der Waals surface area (Å²) in [6.07, 6.45) is 1.48. The normalized spacial score (nSPS) is 17.1. The third-order valence-electron chi connectivity index (χ3n) is 2.84. The molecule has 1 aliphatic carbocycles. The standard InChI is InChI=1S/C14H18INO2/c1-13(2,3)16-12(17)18-14(8-9-14)10-4-6-11(15)7-5-10/h4-7H,8-9H2,1-3H3,(H,16,17). The zero-order valence-corrected chi connectivity index (χ0v) is 13.1. The Kier molecular flexibility index (Phi) is 3.58. The van der Waals surface area contributed by atoms with Crippen molar-refractivity contribution in [3.8, 4) is 0 Å². The van der Waals surface area contributed by atoms with E-state index in [1.54, 1.807) is 0 Å². The first-order chi connectivity index (χ1) is 8.31. The van der Waals surface area contributed by atoms with E-state index >= 15 is 0 Å². The van der Waals surface area contributed by atoms with Crippen molar-refractivity contribution in [1.29, 1.82) is 0 Å². The van der Waals surface area contributed by atoms with Gasteiger partial charge in [-0.3, -0.25) is 0 Å². The third kappa shape index (κ3) is 3.37. The second kappa shape index (κ2) is 4.72. The molecule has 1 N–H and O–H groups in total. The van der Waals surface area contributed by atoms with Crippen LogP contribution in [0.1, 0.15) is 39.2 Å². The van der Waals surface area contributed by atoms with Gasteiger partial charge in [0, 0.05) is 9.11 Å². The van der Waals surface area contributed by atoms with E-state index in [0.29, 0.717) is 0 Å². The monoisotopic (exact) mass is 359 g/mol. The Morgan fingerprint density at radius 2 is 1.83 bits per heavy atom. The SMILES string of the molecule is CC(C)(C)NC(=O)OC1(c2ccc(I)cc2)CC1. The highest BCUT2D eigenvalue weighted by atomic mass is 127. The van der Waals surface area contributed by atoms with E-state index in [2.05, 4.69) is 27.9 Å². The number of nitrogens with one attached hydrogen (secondary N) is 1. The number of alkyl carbamates (subject to hydrolysis) is 1. The van der Waals surface area contributed by atoms with E-state index in [1.807, 2.05) is 45.0 Å². The van der Waals surface area contributed by atoms with Crippen LogP contribution < -0.4 is 5.32 Å². The van der Waals surface area contributed by atoms with Gasteiger partial charge in [-0.15, -0.1) is 0 Å². The van der Waals surface area contributed by atoms with Gasteiger partial charge in [-0.1, -0.05) is 12.1 Å². The van der Waals surface area contributed by atoms with Gasteiger partial charge in [0.25, 0.3) is 0 Å². The predicted octanol–water partition coefficient (Wildman–Crippen LogP) is 3.81. The lowest BCUT2D eigenvalue weighted by atomic mass is 10.1. The summed E-state index contributed by atoms with van der Waals surface area (Å²) >= 11 is 2.27. The van der Waals surface area contributed by atoms with Crippen LogP contribution in [0.5, 0.6) is 0 Å². The first-order valence-electron chi connectivity index (χ1n) is 6.08. The molecule has 4 heteroatoms. The Balaban J connectivity index is 2.04. The lowest BCUT2D eigenvalue weighted by Crippen LogP contribution is -2.42. The summed E-state index contributed by atoms with van der Waals surface area (Å²) in [7, 11) is 0. The van der Waals surface area contributed by atoms with E-state index in [0.717, 1.165) is 18.4 Å². The molecule has 2 rings (SSSR count). The van der Waals surface area contributed by atoms with Crippen LogP contribution in [0.2, 0.25) is 0 Å². The lowest BCUT2D eigenvalue weighted by Gasteiger charge is -2.23. The average Bonchev–Trinajstić information content (AvgIpc) is 2.96. The Bertz CT molecular complexity index is 444. The minimum absolute atomic E-state index is 0.265. The van der Waals surface area contributed by atoms with Gasteiger partial charge in [0.05, 0.1) is 0 Å². The molecule has 0 saturated heterocycles. The molecule has 18 heavy (non-hydrogen) atoms. The minimum Gasteiger partial charge on any atom is -0.438 e. The lowest BCUT2D eigenvalue weighted by molar-refractivity contribution is 0.0755. The van der Waals surface area contributed by atoms with Crippen LogP contribution in [-0.2, 0) is 10.3 Å². The number of rotatable bonds is 2. The molecule has 0 spiro atoms. The summed E-state index contributed by atoms with van der Waals surface area (Å²) in [6.45, 7) is 5.83. The van der Waals surface area contributed by atoms with Gasteiger partial charge >= 0.3 is 6.09 Å². The summed E-state index contributed by atoms with van der Waals surface area (Å²) in [5.74, 6) is 0. The quantitative estimate of drug-likeness (QED) is 0.816. The fourth-order valence-electron chi connectivity index (χ4n) is 1.83. The number of halogens is 1. The highest BCUT2D eigenvalue weighted by molar-refractivity contribution is 14.1. The summed E-state index contributed by atoms with van der Waals surface area (Å²) in [6, 6.07) is 8.17. The Morgan fingerprint density at radius 1 is 1.28 bits per heavy atom. The first kappa shape index (κ1) is 13.6. The van der Waals surface area contributed by atoms with Crippen molar-refractivity contribution in [3.63, 3.8) is 0 Å². The van der Waals surface area contributed by atoms with Crippen molar-refractivity contribution in [1.82, 2.24) is 5.32 Å². The molecule has 1 aliphatic rings. The van der Waals surface area contributed by atoms with Gasteiger partial charge in [0.15, 0.2) is 0 Å². The topological polar surface area (TPSA) is 38.3 Å². The largest absolute Gasteiger partial charge is 0.438 e. The average molecular weight is 359 g/mol. The van der Waals surface area contributed by atoms with Crippen molar-refractivity contribution < 1.29 is 9.53 Å². The molecular weight excluding hydrogens is 341 g/mol. The van der Waals surface area contributed by atoms with Gasteiger partial charge in [-0.2, -0.15) is 0 Å². The highest BCUT2D eigenvalue weighted by Crippen LogP contribution is 2.49. The van der Waals surface area contributed by atoms with Crippen LogP contribution in [-0.4, -0.2) is 11.6 Å². The maximum Gasteiger partial charge on any atom is 0.408 e. The summed E-state index contributed by atoms with van der Waals surface area (Å²) < 4.78 is 6.78. The maximum absolute atomic E-state index is 11.8. The molecule has 1 amide bonds. The molecule has 1 saturated carbocycles. The zero-order valence-electron chi connectivity index (χ0n) is 10.9. The number of carbonyl (C=O) groups excluding carboxylic acids is 1. The molecule has 0 aromatic heterocycles. The summed E-state index contributed by atoms with van der Waals surface area (Å²) in [5.41, 5.74) is 0.436. The number of hydrogen-bond acceptors (Lipinski definition) is 2. The molecule has 0 unspecified atom stereocenters. The summed E-state index contributed by atoms with van der Waals surface area (Å²) in [5, 5.41) is 2.83. The molecule has 98 valence electrons. The van der Waals surface area contributed by atoms with Crippen LogP contribution >= 0.6 is 22.6 Å². The van der Waals surface area contributed by atoms with Crippen LogP contribution in [0, 0.1) is 3.57 Å². The van der Waals surface area contributed by atoms with Crippen molar-refractivity contribution in [2.75, 3.05) is 0 Å². The first-order valence-corrected chi connectivity index (χ1v) is 7.16.